The average molecular weight is 265 g/mol. The molecule has 0 bridgehead atoms. The van der Waals surface area contributed by atoms with Crippen molar-refractivity contribution in [1.82, 2.24) is 14.7 Å². The monoisotopic (exact) mass is 265 g/mol. The number of nitrogens with zero attached hydrogens (tertiary/aromatic N) is 3. The Hall–Kier alpha value is -1.32. The fourth-order valence-electron chi connectivity index (χ4n) is 2.12. The van der Waals surface area contributed by atoms with Gasteiger partial charge >= 0.3 is 0 Å². The molecule has 1 rings (SSSR count). The van der Waals surface area contributed by atoms with Crippen molar-refractivity contribution in [1.29, 1.82) is 0 Å². The van der Waals surface area contributed by atoms with Gasteiger partial charge in [-0.1, -0.05) is 26.7 Å². The molecular weight excluding hydrogens is 238 g/mol. The van der Waals surface area contributed by atoms with E-state index in [4.69, 9.17) is 0 Å². The maximum absolute atomic E-state index is 12.4. The molecule has 0 aliphatic carbocycles. The summed E-state index contributed by atoms with van der Waals surface area (Å²) in [4.78, 5) is 14.3. The van der Waals surface area contributed by atoms with Crippen molar-refractivity contribution in [2.75, 3.05) is 13.1 Å². The van der Waals surface area contributed by atoms with Crippen LogP contribution in [-0.4, -0.2) is 33.7 Å². The molecule has 108 valence electrons. The lowest BCUT2D eigenvalue weighted by Crippen LogP contribution is -2.36. The van der Waals surface area contributed by atoms with E-state index in [2.05, 4.69) is 18.9 Å². The summed E-state index contributed by atoms with van der Waals surface area (Å²) in [6, 6.07) is 2.01. The van der Waals surface area contributed by atoms with E-state index in [-0.39, 0.29) is 5.91 Å². The van der Waals surface area contributed by atoms with Crippen LogP contribution in [-0.2, 0) is 11.3 Å². The third kappa shape index (κ3) is 5.05. The van der Waals surface area contributed by atoms with Gasteiger partial charge in [0.2, 0.25) is 5.91 Å². The van der Waals surface area contributed by atoms with E-state index in [0.717, 1.165) is 50.2 Å². The molecule has 0 saturated carbocycles. The number of amides is 1. The Kier molecular flexibility index (Phi) is 6.60. The molecule has 0 atom stereocenters. The Morgan fingerprint density at radius 1 is 1.21 bits per heavy atom. The highest BCUT2D eigenvalue weighted by atomic mass is 16.2. The molecular formula is C15H27N3O. The van der Waals surface area contributed by atoms with Gasteiger partial charge in [-0.25, -0.2) is 0 Å². The fourth-order valence-corrected chi connectivity index (χ4v) is 2.12. The zero-order valence-electron chi connectivity index (χ0n) is 12.8. The van der Waals surface area contributed by atoms with Crippen LogP contribution in [0.4, 0.5) is 0 Å². The van der Waals surface area contributed by atoms with Gasteiger partial charge in [-0.2, -0.15) is 5.10 Å². The summed E-state index contributed by atoms with van der Waals surface area (Å²) in [6.07, 6.45) is 4.39. The van der Waals surface area contributed by atoms with Crippen LogP contribution >= 0.6 is 0 Å². The van der Waals surface area contributed by atoms with Gasteiger partial charge in [-0.05, 0) is 32.8 Å². The minimum Gasteiger partial charge on any atom is -0.341 e. The zero-order chi connectivity index (χ0) is 14.3. The largest absolute Gasteiger partial charge is 0.341 e. The number of aryl methyl sites for hydroxylation is 2. The number of carbonyl (C=O) groups is 1. The quantitative estimate of drug-likeness (QED) is 0.725. The first-order valence-corrected chi connectivity index (χ1v) is 7.37. The maximum atomic E-state index is 12.4. The minimum absolute atomic E-state index is 0.188. The molecule has 0 radical (unpaired) electrons. The van der Waals surface area contributed by atoms with Gasteiger partial charge in [-0.15, -0.1) is 0 Å². The van der Waals surface area contributed by atoms with E-state index >= 15 is 0 Å². The minimum atomic E-state index is 0.188. The molecule has 0 aliphatic heterocycles. The molecule has 0 aromatic carbocycles. The molecule has 19 heavy (non-hydrogen) atoms. The Morgan fingerprint density at radius 2 is 1.79 bits per heavy atom. The molecule has 0 spiro atoms. The summed E-state index contributed by atoms with van der Waals surface area (Å²) in [5.74, 6) is 0.188. The highest BCUT2D eigenvalue weighted by Gasteiger charge is 2.14. The predicted octanol–water partition coefficient (Wildman–Crippen LogP) is 2.93. The van der Waals surface area contributed by atoms with Crippen LogP contribution in [0.15, 0.2) is 6.07 Å². The Morgan fingerprint density at radius 3 is 2.21 bits per heavy atom. The number of rotatable bonds is 8. The van der Waals surface area contributed by atoms with Gasteiger partial charge < -0.3 is 4.90 Å². The van der Waals surface area contributed by atoms with Gasteiger partial charge in [0.1, 0.15) is 6.54 Å². The van der Waals surface area contributed by atoms with E-state index < -0.39 is 0 Å². The summed E-state index contributed by atoms with van der Waals surface area (Å²) in [6.45, 7) is 10.4. The fraction of sp³-hybridized carbons (Fsp3) is 0.733. The molecule has 1 aromatic rings. The molecule has 1 aromatic heterocycles. The number of unbranched alkanes of at least 4 members (excludes halogenated alkanes) is 2. The van der Waals surface area contributed by atoms with Crippen LogP contribution in [0.1, 0.15) is 50.9 Å². The average Bonchev–Trinajstić information content (AvgIpc) is 2.68. The van der Waals surface area contributed by atoms with Crippen LogP contribution in [0.25, 0.3) is 0 Å². The van der Waals surface area contributed by atoms with Gasteiger partial charge in [0.15, 0.2) is 0 Å². The third-order valence-electron chi connectivity index (χ3n) is 3.30. The molecule has 0 saturated heterocycles. The summed E-state index contributed by atoms with van der Waals surface area (Å²) >= 11 is 0. The predicted molar refractivity (Wildman–Crippen MR) is 78.1 cm³/mol. The Labute approximate surface area is 116 Å². The highest BCUT2D eigenvalue weighted by Crippen LogP contribution is 2.05. The number of hydrogen-bond acceptors (Lipinski definition) is 2. The van der Waals surface area contributed by atoms with Crippen LogP contribution < -0.4 is 0 Å². The summed E-state index contributed by atoms with van der Waals surface area (Å²) in [5, 5.41) is 4.36. The number of aromatic nitrogens is 2. The first-order valence-electron chi connectivity index (χ1n) is 7.37. The van der Waals surface area contributed by atoms with Crippen molar-refractivity contribution in [2.24, 2.45) is 0 Å². The van der Waals surface area contributed by atoms with E-state index in [0.29, 0.717) is 6.54 Å². The van der Waals surface area contributed by atoms with Crippen molar-refractivity contribution in [2.45, 2.75) is 59.9 Å². The summed E-state index contributed by atoms with van der Waals surface area (Å²) in [7, 11) is 0. The summed E-state index contributed by atoms with van der Waals surface area (Å²) in [5.41, 5.74) is 2.02. The van der Waals surface area contributed by atoms with Crippen molar-refractivity contribution in [3.05, 3.63) is 17.5 Å². The molecule has 0 fully saturated rings. The lowest BCUT2D eigenvalue weighted by molar-refractivity contribution is -0.132. The molecule has 4 nitrogen and oxygen atoms in total. The van der Waals surface area contributed by atoms with Gasteiger partial charge in [0, 0.05) is 18.8 Å². The smallest absolute Gasteiger partial charge is 0.244 e. The van der Waals surface area contributed by atoms with E-state index in [1.54, 1.807) is 0 Å². The second kappa shape index (κ2) is 7.97. The van der Waals surface area contributed by atoms with Crippen LogP contribution in [0.3, 0.4) is 0 Å². The SMILES string of the molecule is CCCCN(CCCC)C(=O)Cn1nc(C)cc1C. The summed E-state index contributed by atoms with van der Waals surface area (Å²) < 4.78 is 1.81. The van der Waals surface area contributed by atoms with Gasteiger partial charge in [-0.3, -0.25) is 9.48 Å². The molecule has 0 N–H and O–H groups in total. The van der Waals surface area contributed by atoms with Crippen LogP contribution in [0.2, 0.25) is 0 Å². The van der Waals surface area contributed by atoms with Crippen molar-refractivity contribution >= 4 is 5.91 Å². The zero-order valence-corrected chi connectivity index (χ0v) is 12.8. The topological polar surface area (TPSA) is 38.1 Å². The molecule has 4 heteroatoms. The molecule has 0 unspecified atom stereocenters. The normalized spacial score (nSPS) is 10.7. The maximum Gasteiger partial charge on any atom is 0.244 e. The van der Waals surface area contributed by atoms with Gasteiger partial charge in [0.05, 0.1) is 5.69 Å². The number of carbonyl (C=O) groups excluding carboxylic acids is 1. The third-order valence-corrected chi connectivity index (χ3v) is 3.30. The Bertz CT molecular complexity index is 390. The van der Waals surface area contributed by atoms with Crippen LogP contribution in [0, 0.1) is 13.8 Å². The standard InChI is InChI=1S/C15H27N3O/c1-5-7-9-17(10-8-6-2)15(19)12-18-14(4)11-13(3)16-18/h11H,5-10,12H2,1-4H3. The van der Waals surface area contributed by atoms with Crippen LogP contribution in [0.5, 0.6) is 0 Å². The van der Waals surface area contributed by atoms with Crippen molar-refractivity contribution in [3.8, 4) is 0 Å². The molecule has 1 amide bonds. The first-order chi connectivity index (χ1) is 9.08. The first kappa shape index (κ1) is 15.7. The molecule has 1 heterocycles. The van der Waals surface area contributed by atoms with E-state index in [1.165, 1.54) is 0 Å². The van der Waals surface area contributed by atoms with Gasteiger partial charge in [0.25, 0.3) is 0 Å². The number of hydrogen-bond donors (Lipinski definition) is 0. The van der Waals surface area contributed by atoms with Crippen molar-refractivity contribution in [3.63, 3.8) is 0 Å². The lowest BCUT2D eigenvalue weighted by atomic mass is 10.2. The molecule has 0 aliphatic rings. The van der Waals surface area contributed by atoms with E-state index in [1.807, 2.05) is 29.5 Å². The highest BCUT2D eigenvalue weighted by molar-refractivity contribution is 5.76. The van der Waals surface area contributed by atoms with E-state index in [9.17, 15) is 4.79 Å². The Balaban J connectivity index is 2.62. The lowest BCUT2D eigenvalue weighted by Gasteiger charge is -2.22. The second-order valence-electron chi connectivity index (χ2n) is 5.17. The second-order valence-corrected chi connectivity index (χ2v) is 5.17. The van der Waals surface area contributed by atoms with Crippen molar-refractivity contribution < 1.29 is 4.79 Å².